The van der Waals surface area contributed by atoms with Crippen molar-refractivity contribution in [2.24, 2.45) is 0 Å². The lowest BCUT2D eigenvalue weighted by Crippen LogP contribution is -2.30. The van der Waals surface area contributed by atoms with E-state index in [9.17, 15) is 18.0 Å². The van der Waals surface area contributed by atoms with E-state index in [2.05, 4.69) is 23.9 Å². The van der Waals surface area contributed by atoms with Gasteiger partial charge in [-0.05, 0) is 72.7 Å². The van der Waals surface area contributed by atoms with E-state index >= 15 is 0 Å². The summed E-state index contributed by atoms with van der Waals surface area (Å²) in [6.07, 6.45) is 0.0175. The molecule has 2 unspecified atom stereocenters. The number of sulfonamides is 1. The Hall–Kier alpha value is -3.17. The Morgan fingerprint density at radius 2 is 1.61 bits per heavy atom. The Morgan fingerprint density at radius 3 is 2.18 bits per heavy atom. The van der Waals surface area contributed by atoms with Gasteiger partial charge in [0.25, 0.3) is 15.9 Å². The van der Waals surface area contributed by atoms with Gasteiger partial charge in [-0.25, -0.2) is 13.2 Å². The molecule has 1 aromatic heterocycles. The smallest absolute Gasteiger partial charge is 0.338 e. The third-order valence-electron chi connectivity index (χ3n) is 5.15. The van der Waals surface area contributed by atoms with Gasteiger partial charge in [0.1, 0.15) is 4.21 Å². The fourth-order valence-electron chi connectivity index (χ4n) is 2.95. The molecular formula is C24H26N2O5S2. The van der Waals surface area contributed by atoms with Gasteiger partial charge in [0.2, 0.25) is 0 Å². The number of ether oxygens (including phenoxy) is 1. The Kier molecular flexibility index (Phi) is 7.88. The number of nitrogens with one attached hydrogen (secondary N) is 2. The average molecular weight is 487 g/mol. The van der Waals surface area contributed by atoms with E-state index in [1.54, 1.807) is 11.4 Å². The predicted molar refractivity (Wildman–Crippen MR) is 130 cm³/mol. The molecule has 0 saturated carbocycles. The highest BCUT2D eigenvalue weighted by atomic mass is 32.2. The summed E-state index contributed by atoms with van der Waals surface area (Å²) in [5.74, 6) is -0.690. The molecule has 0 aliphatic heterocycles. The Bertz CT molecular complexity index is 1190. The molecule has 0 spiro atoms. The summed E-state index contributed by atoms with van der Waals surface area (Å²) in [6.45, 7) is 5.75. The Balaban J connectivity index is 1.56. The van der Waals surface area contributed by atoms with Gasteiger partial charge >= 0.3 is 5.97 Å². The number of benzene rings is 2. The molecule has 174 valence electrons. The van der Waals surface area contributed by atoms with Crippen LogP contribution >= 0.6 is 11.3 Å². The van der Waals surface area contributed by atoms with Crippen molar-refractivity contribution < 1.29 is 22.7 Å². The Labute approximate surface area is 197 Å². The maximum atomic E-state index is 12.4. The lowest BCUT2D eigenvalue weighted by molar-refractivity contribution is -0.123. The van der Waals surface area contributed by atoms with Crippen LogP contribution in [0.5, 0.6) is 0 Å². The minimum Gasteiger partial charge on any atom is -0.449 e. The van der Waals surface area contributed by atoms with E-state index in [1.807, 2.05) is 24.3 Å². The van der Waals surface area contributed by atoms with Crippen LogP contribution < -0.4 is 10.0 Å². The highest BCUT2D eigenvalue weighted by molar-refractivity contribution is 7.94. The van der Waals surface area contributed by atoms with Crippen molar-refractivity contribution in [3.63, 3.8) is 0 Å². The van der Waals surface area contributed by atoms with Gasteiger partial charge in [-0.2, -0.15) is 0 Å². The largest absolute Gasteiger partial charge is 0.449 e. The predicted octanol–water partition coefficient (Wildman–Crippen LogP) is 5.25. The van der Waals surface area contributed by atoms with Crippen molar-refractivity contribution in [1.82, 2.24) is 0 Å². The van der Waals surface area contributed by atoms with Gasteiger partial charge in [0.15, 0.2) is 6.10 Å². The van der Waals surface area contributed by atoms with Crippen molar-refractivity contribution in [2.45, 2.75) is 43.4 Å². The van der Waals surface area contributed by atoms with Crippen LogP contribution in [0.25, 0.3) is 0 Å². The molecule has 0 saturated heterocycles. The second kappa shape index (κ2) is 10.6. The maximum absolute atomic E-state index is 12.4. The summed E-state index contributed by atoms with van der Waals surface area (Å²) in [7, 11) is -3.67. The third kappa shape index (κ3) is 6.43. The van der Waals surface area contributed by atoms with Crippen molar-refractivity contribution >= 4 is 44.6 Å². The van der Waals surface area contributed by atoms with Crippen LogP contribution in [0.4, 0.5) is 11.4 Å². The third-order valence-corrected chi connectivity index (χ3v) is 7.92. The number of hydrogen-bond acceptors (Lipinski definition) is 6. The van der Waals surface area contributed by atoms with E-state index in [4.69, 9.17) is 4.74 Å². The molecule has 0 radical (unpaired) electrons. The zero-order valence-electron chi connectivity index (χ0n) is 18.6. The molecule has 2 atom stereocenters. The molecule has 1 heterocycles. The van der Waals surface area contributed by atoms with E-state index in [0.29, 0.717) is 17.3 Å². The highest BCUT2D eigenvalue weighted by Crippen LogP contribution is 2.22. The first-order valence-corrected chi connectivity index (χ1v) is 12.8. The quantitative estimate of drug-likeness (QED) is 0.403. The van der Waals surface area contributed by atoms with Crippen molar-refractivity contribution in [3.8, 4) is 0 Å². The molecule has 33 heavy (non-hydrogen) atoms. The first-order chi connectivity index (χ1) is 15.7. The van der Waals surface area contributed by atoms with Gasteiger partial charge in [0, 0.05) is 11.4 Å². The summed E-state index contributed by atoms with van der Waals surface area (Å²) < 4.78 is 32.5. The zero-order valence-corrected chi connectivity index (χ0v) is 20.2. The molecule has 2 aromatic carbocycles. The standard InChI is InChI=1S/C24H26N2O5S2/c1-4-16(2)18-7-11-20(12-8-18)25-23(27)17(3)31-24(28)19-9-13-21(14-10-19)26-33(29,30)22-6-5-15-32-22/h5-17,26H,4H2,1-3H3,(H,25,27). The number of carbonyl (C=O) groups excluding carboxylic acids is 2. The fourth-order valence-corrected chi connectivity index (χ4v) is 5.00. The number of esters is 1. The summed E-state index contributed by atoms with van der Waals surface area (Å²) in [6, 6.07) is 16.5. The van der Waals surface area contributed by atoms with E-state index in [1.165, 1.54) is 42.8 Å². The summed E-state index contributed by atoms with van der Waals surface area (Å²) in [5, 5.41) is 4.41. The first-order valence-electron chi connectivity index (χ1n) is 10.5. The van der Waals surface area contributed by atoms with Gasteiger partial charge in [0.05, 0.1) is 5.56 Å². The van der Waals surface area contributed by atoms with Crippen molar-refractivity contribution in [1.29, 1.82) is 0 Å². The second-order valence-electron chi connectivity index (χ2n) is 7.58. The minimum absolute atomic E-state index is 0.195. The van der Waals surface area contributed by atoms with Crippen molar-refractivity contribution in [2.75, 3.05) is 10.0 Å². The van der Waals surface area contributed by atoms with Crippen molar-refractivity contribution in [3.05, 3.63) is 77.2 Å². The second-order valence-corrected chi connectivity index (χ2v) is 10.4. The summed E-state index contributed by atoms with van der Waals surface area (Å²) in [5.41, 5.74) is 2.33. The minimum atomic E-state index is -3.67. The average Bonchev–Trinajstić information content (AvgIpc) is 3.35. The monoisotopic (exact) mass is 486 g/mol. The highest BCUT2D eigenvalue weighted by Gasteiger charge is 2.20. The number of rotatable bonds is 9. The lowest BCUT2D eigenvalue weighted by atomic mass is 9.99. The Morgan fingerprint density at radius 1 is 0.970 bits per heavy atom. The normalized spacial score (nSPS) is 13.1. The van der Waals surface area contributed by atoms with Crippen LogP contribution in [0.3, 0.4) is 0 Å². The molecule has 1 amide bonds. The molecule has 0 fully saturated rings. The van der Waals surface area contributed by atoms with E-state index in [0.717, 1.165) is 17.8 Å². The van der Waals surface area contributed by atoms with Crippen LogP contribution in [0.2, 0.25) is 0 Å². The number of hydrogen-bond donors (Lipinski definition) is 2. The first kappa shape index (κ1) is 24.5. The van der Waals surface area contributed by atoms with Gasteiger partial charge in [-0.15, -0.1) is 11.3 Å². The molecule has 3 aromatic rings. The number of anilines is 2. The van der Waals surface area contributed by atoms with Gasteiger partial charge < -0.3 is 10.1 Å². The topological polar surface area (TPSA) is 102 Å². The van der Waals surface area contributed by atoms with Gasteiger partial charge in [-0.1, -0.05) is 32.0 Å². The van der Waals surface area contributed by atoms with Gasteiger partial charge in [-0.3, -0.25) is 9.52 Å². The van der Waals surface area contributed by atoms with Crippen LogP contribution in [-0.4, -0.2) is 26.4 Å². The SMILES string of the molecule is CCC(C)c1ccc(NC(=O)C(C)OC(=O)c2ccc(NS(=O)(=O)c3cccs3)cc2)cc1. The summed E-state index contributed by atoms with van der Waals surface area (Å²) >= 11 is 1.11. The fraction of sp³-hybridized carbons (Fsp3) is 0.250. The molecule has 7 nitrogen and oxygen atoms in total. The molecule has 2 N–H and O–H groups in total. The molecule has 9 heteroatoms. The molecule has 0 aliphatic rings. The van der Waals surface area contributed by atoms with E-state index < -0.39 is 28.0 Å². The number of carbonyl (C=O) groups is 2. The molecule has 0 aliphatic carbocycles. The van der Waals surface area contributed by atoms with Crippen LogP contribution in [0.15, 0.2) is 70.3 Å². The molecule has 0 bridgehead atoms. The maximum Gasteiger partial charge on any atom is 0.338 e. The van der Waals surface area contributed by atoms with Crippen LogP contribution in [-0.2, 0) is 19.6 Å². The molecular weight excluding hydrogens is 460 g/mol. The summed E-state index contributed by atoms with van der Waals surface area (Å²) in [4.78, 5) is 24.8. The zero-order chi connectivity index (χ0) is 24.0. The van der Waals surface area contributed by atoms with E-state index in [-0.39, 0.29) is 9.77 Å². The number of thiophene rings is 1. The number of amides is 1. The van der Waals surface area contributed by atoms with Crippen LogP contribution in [0, 0.1) is 0 Å². The molecule has 3 rings (SSSR count). The van der Waals surface area contributed by atoms with Crippen LogP contribution in [0.1, 0.15) is 49.0 Å². The lowest BCUT2D eigenvalue weighted by Gasteiger charge is -2.15.